The summed E-state index contributed by atoms with van der Waals surface area (Å²) in [4.78, 5) is 18.0. The number of carbonyl (C=O) groups excluding carboxylic acids is 1. The molecule has 0 radical (unpaired) electrons. The molecule has 2 saturated heterocycles. The summed E-state index contributed by atoms with van der Waals surface area (Å²) in [5.74, 6) is 0.314. The fraction of sp³-hybridized carbons (Fsp3) is 0.571. The van der Waals surface area contributed by atoms with E-state index in [9.17, 15) is 9.18 Å². The maximum atomic E-state index is 13.6. The lowest BCUT2D eigenvalue weighted by atomic mass is 9.88. The Labute approximate surface area is 159 Å². The average Bonchev–Trinajstić information content (AvgIpc) is 3.25. The molecule has 1 aromatic heterocycles. The van der Waals surface area contributed by atoms with E-state index in [1.54, 1.807) is 0 Å². The van der Waals surface area contributed by atoms with Crippen molar-refractivity contribution in [1.82, 2.24) is 15.2 Å². The number of halogens is 1. The molecule has 146 valence electrons. The van der Waals surface area contributed by atoms with Crippen LogP contribution in [0, 0.1) is 11.7 Å². The van der Waals surface area contributed by atoms with Crippen molar-refractivity contribution in [1.29, 1.82) is 0 Å². The third-order valence-electron chi connectivity index (χ3n) is 5.88. The van der Waals surface area contributed by atoms with Crippen LogP contribution >= 0.6 is 0 Å². The van der Waals surface area contributed by atoms with E-state index in [0.29, 0.717) is 12.5 Å². The number of likely N-dealkylation sites (tertiary alicyclic amines) is 1. The monoisotopic (exact) mass is 373 g/mol. The van der Waals surface area contributed by atoms with Gasteiger partial charge in [0.1, 0.15) is 11.4 Å². The molecule has 0 aliphatic carbocycles. The smallest absolute Gasteiger partial charge is 0.410 e. The van der Waals surface area contributed by atoms with Crippen LogP contribution in [0.15, 0.2) is 24.4 Å². The second-order valence-corrected chi connectivity index (χ2v) is 8.77. The number of carbonyl (C=O) groups is 1. The Kier molecular flexibility index (Phi) is 4.41. The number of rotatable bonds is 2. The minimum Gasteiger partial charge on any atom is -0.444 e. The number of amides is 1. The molecule has 4 atom stereocenters. The van der Waals surface area contributed by atoms with E-state index >= 15 is 0 Å². The quantitative estimate of drug-likeness (QED) is 0.836. The summed E-state index contributed by atoms with van der Waals surface area (Å²) in [6, 6.07) is 5.16. The highest BCUT2D eigenvalue weighted by molar-refractivity contribution is 5.84. The number of benzene rings is 1. The summed E-state index contributed by atoms with van der Waals surface area (Å²) in [5, 5.41) is 4.67. The normalized spacial score (nSPS) is 28.0. The van der Waals surface area contributed by atoms with Crippen molar-refractivity contribution < 1.29 is 13.9 Å². The molecule has 0 bridgehead atoms. The Morgan fingerprint density at radius 1 is 1.37 bits per heavy atom. The third kappa shape index (κ3) is 3.20. The van der Waals surface area contributed by atoms with Crippen LogP contribution in [0.2, 0.25) is 0 Å². The van der Waals surface area contributed by atoms with Gasteiger partial charge >= 0.3 is 6.09 Å². The molecular formula is C21H28FN3O2. The van der Waals surface area contributed by atoms with Gasteiger partial charge in [-0.2, -0.15) is 0 Å². The van der Waals surface area contributed by atoms with Crippen LogP contribution in [0.3, 0.4) is 0 Å². The lowest BCUT2D eigenvalue weighted by molar-refractivity contribution is 0.0210. The van der Waals surface area contributed by atoms with Crippen LogP contribution in [0.25, 0.3) is 10.9 Å². The number of aromatic nitrogens is 1. The van der Waals surface area contributed by atoms with Gasteiger partial charge in [0, 0.05) is 42.1 Å². The molecule has 6 heteroatoms. The molecule has 4 unspecified atom stereocenters. The van der Waals surface area contributed by atoms with E-state index in [4.69, 9.17) is 4.74 Å². The molecule has 1 amide bonds. The summed E-state index contributed by atoms with van der Waals surface area (Å²) in [6.07, 6.45) is 2.73. The molecule has 3 heterocycles. The standard InChI is InChI=1S/C21H28FN3O2/c1-5-12-11-25(20(26)27-21(2,3)4)19-16(10-24-18(12)19)15-9-23-17-8-13(22)6-7-14(15)17/h6-9,12,16,18-19,23-24H,5,10-11H2,1-4H3. The number of nitrogens with zero attached hydrogens (tertiary/aromatic N) is 1. The van der Waals surface area contributed by atoms with Crippen LogP contribution < -0.4 is 5.32 Å². The average molecular weight is 373 g/mol. The van der Waals surface area contributed by atoms with Gasteiger partial charge in [-0.1, -0.05) is 13.3 Å². The van der Waals surface area contributed by atoms with E-state index in [2.05, 4.69) is 17.2 Å². The summed E-state index contributed by atoms with van der Waals surface area (Å²) < 4.78 is 19.3. The Balaban J connectivity index is 1.69. The molecule has 2 aliphatic heterocycles. The number of ether oxygens (including phenoxy) is 1. The van der Waals surface area contributed by atoms with E-state index in [1.807, 2.05) is 37.9 Å². The first kappa shape index (κ1) is 18.3. The van der Waals surface area contributed by atoms with Crippen LogP contribution in [0.4, 0.5) is 9.18 Å². The van der Waals surface area contributed by atoms with Gasteiger partial charge in [-0.25, -0.2) is 9.18 Å². The fourth-order valence-corrected chi connectivity index (χ4v) is 4.72. The predicted octanol–water partition coefficient (Wildman–Crippen LogP) is 4.01. The van der Waals surface area contributed by atoms with Crippen LogP contribution in [-0.2, 0) is 4.74 Å². The van der Waals surface area contributed by atoms with E-state index in [0.717, 1.165) is 29.4 Å². The summed E-state index contributed by atoms with van der Waals surface area (Å²) >= 11 is 0. The number of hydrogen-bond donors (Lipinski definition) is 2. The van der Waals surface area contributed by atoms with Crippen molar-refractivity contribution in [3.8, 4) is 0 Å². The molecular weight excluding hydrogens is 345 g/mol. The number of hydrogen-bond acceptors (Lipinski definition) is 3. The van der Waals surface area contributed by atoms with Gasteiger partial charge in [-0.3, -0.25) is 0 Å². The highest BCUT2D eigenvalue weighted by Gasteiger charge is 2.52. The minimum atomic E-state index is -0.517. The lowest BCUT2D eigenvalue weighted by Crippen LogP contribution is -2.44. The van der Waals surface area contributed by atoms with Crippen LogP contribution in [-0.4, -0.2) is 46.8 Å². The zero-order valence-electron chi connectivity index (χ0n) is 16.4. The van der Waals surface area contributed by atoms with Gasteiger partial charge in [0.05, 0.1) is 6.04 Å². The second kappa shape index (κ2) is 6.51. The van der Waals surface area contributed by atoms with Gasteiger partial charge in [0.25, 0.3) is 0 Å². The lowest BCUT2D eigenvalue weighted by Gasteiger charge is -2.31. The third-order valence-corrected chi connectivity index (χ3v) is 5.88. The molecule has 4 rings (SSSR count). The largest absolute Gasteiger partial charge is 0.444 e. The van der Waals surface area contributed by atoms with Gasteiger partial charge < -0.3 is 19.9 Å². The van der Waals surface area contributed by atoms with Crippen molar-refractivity contribution in [2.24, 2.45) is 5.92 Å². The first-order valence-electron chi connectivity index (χ1n) is 9.78. The Morgan fingerprint density at radius 2 is 2.15 bits per heavy atom. The second-order valence-electron chi connectivity index (χ2n) is 8.77. The number of H-pyrrole nitrogens is 1. The minimum absolute atomic E-state index is 0.0499. The van der Waals surface area contributed by atoms with Gasteiger partial charge in [-0.15, -0.1) is 0 Å². The van der Waals surface area contributed by atoms with Gasteiger partial charge in [0.15, 0.2) is 0 Å². The molecule has 2 N–H and O–H groups in total. The first-order valence-corrected chi connectivity index (χ1v) is 9.78. The Bertz CT molecular complexity index is 857. The van der Waals surface area contributed by atoms with Crippen LogP contribution in [0.1, 0.15) is 45.6 Å². The highest BCUT2D eigenvalue weighted by Crippen LogP contribution is 2.42. The van der Waals surface area contributed by atoms with Crippen LogP contribution in [0.5, 0.6) is 0 Å². The summed E-state index contributed by atoms with van der Waals surface area (Å²) in [7, 11) is 0. The number of fused-ring (bicyclic) bond motifs is 2. The van der Waals surface area contributed by atoms with Gasteiger partial charge in [0.2, 0.25) is 0 Å². The van der Waals surface area contributed by atoms with Crippen molar-refractivity contribution in [2.45, 2.75) is 57.7 Å². The SMILES string of the molecule is CCC1CN(C(=O)OC(C)(C)C)C2C(c3c[nH]c4cc(F)ccc34)CNC12. The number of nitrogens with one attached hydrogen (secondary N) is 2. The maximum absolute atomic E-state index is 13.6. The van der Waals surface area contributed by atoms with Crippen molar-refractivity contribution in [3.05, 3.63) is 35.8 Å². The molecule has 5 nitrogen and oxygen atoms in total. The Morgan fingerprint density at radius 3 is 2.85 bits per heavy atom. The predicted molar refractivity (Wildman–Crippen MR) is 103 cm³/mol. The molecule has 2 aliphatic rings. The molecule has 2 aromatic rings. The van der Waals surface area contributed by atoms with Crippen molar-refractivity contribution in [2.75, 3.05) is 13.1 Å². The molecule has 27 heavy (non-hydrogen) atoms. The summed E-state index contributed by atoms with van der Waals surface area (Å²) in [6.45, 7) is 9.37. The Hall–Kier alpha value is -2.08. The van der Waals surface area contributed by atoms with E-state index in [-0.39, 0.29) is 29.9 Å². The zero-order chi connectivity index (χ0) is 19.3. The maximum Gasteiger partial charge on any atom is 0.410 e. The van der Waals surface area contributed by atoms with Crippen molar-refractivity contribution in [3.63, 3.8) is 0 Å². The molecule has 0 spiro atoms. The molecule has 1 aromatic carbocycles. The number of aromatic amines is 1. The fourth-order valence-electron chi connectivity index (χ4n) is 4.72. The van der Waals surface area contributed by atoms with E-state index in [1.165, 1.54) is 12.1 Å². The topological polar surface area (TPSA) is 57.4 Å². The molecule has 2 fully saturated rings. The zero-order valence-corrected chi connectivity index (χ0v) is 16.4. The van der Waals surface area contributed by atoms with E-state index < -0.39 is 5.60 Å². The first-order chi connectivity index (χ1) is 12.8. The summed E-state index contributed by atoms with van der Waals surface area (Å²) in [5.41, 5.74) is 1.41. The highest BCUT2D eigenvalue weighted by atomic mass is 19.1. The molecule has 0 saturated carbocycles. The van der Waals surface area contributed by atoms with Crippen molar-refractivity contribution >= 4 is 17.0 Å². The van der Waals surface area contributed by atoms with Gasteiger partial charge in [-0.05, 0) is 50.5 Å².